The summed E-state index contributed by atoms with van der Waals surface area (Å²) in [6.45, 7) is 6.66. The number of hydrazone groups is 1. The fourth-order valence-corrected chi connectivity index (χ4v) is 3.41. The lowest BCUT2D eigenvalue weighted by atomic mass is 10.00. The number of hydrogen-bond acceptors (Lipinski definition) is 3. The minimum absolute atomic E-state index is 0.526. The molecule has 1 aliphatic rings. The number of benzene rings is 2. The molecule has 122 valence electrons. The monoisotopic (exact) mass is 310 g/mol. The molecule has 1 aliphatic heterocycles. The maximum absolute atomic E-state index is 5.29. The van der Waals surface area contributed by atoms with E-state index in [4.69, 9.17) is 9.84 Å². The summed E-state index contributed by atoms with van der Waals surface area (Å²) in [6, 6.07) is 13.8. The summed E-state index contributed by atoms with van der Waals surface area (Å²) in [5.74, 6) is 0.895. The fraction of sp³-hybridized carbons (Fsp3) is 0.450. The van der Waals surface area contributed by atoms with Gasteiger partial charge in [-0.15, -0.1) is 0 Å². The first-order valence-corrected chi connectivity index (χ1v) is 8.50. The highest BCUT2D eigenvalue weighted by atomic mass is 16.5. The average molecular weight is 310 g/mol. The van der Waals surface area contributed by atoms with Crippen LogP contribution in [0.4, 0.5) is 0 Å². The van der Waals surface area contributed by atoms with Crippen molar-refractivity contribution < 1.29 is 4.74 Å². The van der Waals surface area contributed by atoms with E-state index in [1.807, 2.05) is 6.07 Å². The largest absolute Gasteiger partial charge is 0.497 e. The standard InChI is InChI=1S/C20H26N2O/c1-14-6-5-7-15(2)22(14)21-16(3)17-8-9-19-13-20(23-4)11-10-18(19)12-17/h8-15H,5-7H2,1-4H3/b21-16-/t14-,15+. The molecule has 0 aliphatic carbocycles. The summed E-state index contributed by atoms with van der Waals surface area (Å²) < 4.78 is 5.29. The van der Waals surface area contributed by atoms with Crippen molar-refractivity contribution in [3.63, 3.8) is 0 Å². The highest BCUT2D eigenvalue weighted by molar-refractivity contribution is 6.02. The van der Waals surface area contributed by atoms with Crippen LogP contribution in [-0.4, -0.2) is 29.9 Å². The zero-order valence-electron chi connectivity index (χ0n) is 14.5. The topological polar surface area (TPSA) is 24.8 Å². The van der Waals surface area contributed by atoms with Crippen LogP contribution in [0.25, 0.3) is 10.8 Å². The van der Waals surface area contributed by atoms with Crippen LogP contribution in [0.5, 0.6) is 5.75 Å². The molecule has 0 radical (unpaired) electrons. The molecule has 23 heavy (non-hydrogen) atoms. The molecule has 3 nitrogen and oxygen atoms in total. The number of fused-ring (bicyclic) bond motifs is 1. The van der Waals surface area contributed by atoms with Gasteiger partial charge >= 0.3 is 0 Å². The first-order chi connectivity index (χ1) is 11.1. The molecule has 0 unspecified atom stereocenters. The lowest BCUT2D eigenvalue weighted by Gasteiger charge is -2.37. The maximum atomic E-state index is 5.29. The number of piperidine rings is 1. The second-order valence-electron chi connectivity index (χ2n) is 6.62. The molecule has 1 heterocycles. The van der Waals surface area contributed by atoms with Crippen LogP contribution >= 0.6 is 0 Å². The van der Waals surface area contributed by atoms with Gasteiger partial charge in [0.2, 0.25) is 0 Å². The van der Waals surface area contributed by atoms with Gasteiger partial charge in [0.25, 0.3) is 0 Å². The number of methoxy groups -OCH3 is 1. The molecule has 0 N–H and O–H groups in total. The average Bonchev–Trinajstić information content (AvgIpc) is 2.57. The molecule has 0 bridgehead atoms. The van der Waals surface area contributed by atoms with E-state index in [1.165, 1.54) is 35.6 Å². The van der Waals surface area contributed by atoms with Gasteiger partial charge in [0.1, 0.15) is 5.75 Å². The Morgan fingerprint density at radius 2 is 1.70 bits per heavy atom. The SMILES string of the molecule is COc1ccc2cc(/C(C)=N\N3[C@H](C)CCC[C@@H]3C)ccc2c1. The van der Waals surface area contributed by atoms with Crippen LogP contribution in [0, 0.1) is 0 Å². The Kier molecular flexibility index (Phi) is 4.56. The van der Waals surface area contributed by atoms with Crippen molar-refractivity contribution >= 4 is 16.5 Å². The smallest absolute Gasteiger partial charge is 0.119 e. The third-order valence-electron chi connectivity index (χ3n) is 4.88. The third-order valence-corrected chi connectivity index (χ3v) is 4.88. The van der Waals surface area contributed by atoms with Crippen molar-refractivity contribution in [3.8, 4) is 5.75 Å². The van der Waals surface area contributed by atoms with E-state index >= 15 is 0 Å². The maximum Gasteiger partial charge on any atom is 0.119 e. The molecule has 0 amide bonds. The molecule has 2 atom stereocenters. The van der Waals surface area contributed by atoms with Gasteiger partial charge in [-0.1, -0.05) is 18.2 Å². The van der Waals surface area contributed by atoms with E-state index in [-0.39, 0.29) is 0 Å². The summed E-state index contributed by atoms with van der Waals surface area (Å²) in [6.07, 6.45) is 3.78. The van der Waals surface area contributed by atoms with Gasteiger partial charge < -0.3 is 4.74 Å². The third kappa shape index (κ3) is 3.34. The van der Waals surface area contributed by atoms with Crippen molar-refractivity contribution in [1.82, 2.24) is 5.01 Å². The summed E-state index contributed by atoms with van der Waals surface area (Å²) >= 11 is 0. The molecular weight excluding hydrogens is 284 g/mol. The summed E-state index contributed by atoms with van der Waals surface area (Å²) in [5.41, 5.74) is 2.27. The molecular formula is C20H26N2O. The molecule has 1 fully saturated rings. The molecule has 0 spiro atoms. The minimum atomic E-state index is 0.526. The lowest BCUT2D eigenvalue weighted by Crippen LogP contribution is -2.40. The van der Waals surface area contributed by atoms with Crippen LogP contribution in [0.1, 0.15) is 45.6 Å². The van der Waals surface area contributed by atoms with Gasteiger partial charge in [-0.25, -0.2) is 0 Å². The van der Waals surface area contributed by atoms with Gasteiger partial charge in [-0.05, 0) is 74.6 Å². The Balaban J connectivity index is 1.90. The van der Waals surface area contributed by atoms with Crippen LogP contribution in [0.2, 0.25) is 0 Å². The Labute approximate surface area is 138 Å². The van der Waals surface area contributed by atoms with Crippen LogP contribution in [0.3, 0.4) is 0 Å². The molecule has 3 rings (SSSR count). The van der Waals surface area contributed by atoms with Gasteiger partial charge in [-0.3, -0.25) is 5.01 Å². The summed E-state index contributed by atoms with van der Waals surface area (Å²) in [5, 5.41) is 9.64. The van der Waals surface area contributed by atoms with Crippen LogP contribution in [-0.2, 0) is 0 Å². The quantitative estimate of drug-likeness (QED) is 0.758. The minimum Gasteiger partial charge on any atom is -0.497 e. The molecule has 0 saturated carbocycles. The Morgan fingerprint density at radius 1 is 1.04 bits per heavy atom. The fourth-order valence-electron chi connectivity index (χ4n) is 3.41. The van der Waals surface area contributed by atoms with Gasteiger partial charge in [0.05, 0.1) is 12.8 Å². The summed E-state index contributed by atoms with van der Waals surface area (Å²) in [4.78, 5) is 0. The van der Waals surface area contributed by atoms with Crippen molar-refractivity contribution in [1.29, 1.82) is 0 Å². The van der Waals surface area contributed by atoms with E-state index in [9.17, 15) is 0 Å². The first kappa shape index (κ1) is 15.9. The van der Waals surface area contributed by atoms with Crippen molar-refractivity contribution in [2.24, 2.45) is 5.10 Å². The van der Waals surface area contributed by atoms with Crippen molar-refractivity contribution in [3.05, 3.63) is 42.0 Å². The first-order valence-electron chi connectivity index (χ1n) is 8.50. The predicted molar refractivity (Wildman–Crippen MR) is 97.3 cm³/mol. The lowest BCUT2D eigenvalue weighted by molar-refractivity contribution is 0.108. The van der Waals surface area contributed by atoms with Crippen LogP contribution in [0.15, 0.2) is 41.5 Å². The normalized spacial score (nSPS) is 22.4. The second-order valence-corrected chi connectivity index (χ2v) is 6.62. The number of rotatable bonds is 3. The highest BCUT2D eigenvalue weighted by Gasteiger charge is 2.23. The molecule has 1 saturated heterocycles. The van der Waals surface area contributed by atoms with Gasteiger partial charge in [-0.2, -0.15) is 5.10 Å². The van der Waals surface area contributed by atoms with E-state index in [1.54, 1.807) is 7.11 Å². The van der Waals surface area contributed by atoms with E-state index in [0.717, 1.165) is 11.5 Å². The Hall–Kier alpha value is -2.03. The molecule has 3 heteroatoms. The Bertz CT molecular complexity index is 713. The van der Waals surface area contributed by atoms with E-state index in [0.29, 0.717) is 12.1 Å². The van der Waals surface area contributed by atoms with E-state index < -0.39 is 0 Å². The van der Waals surface area contributed by atoms with Gasteiger partial charge in [0, 0.05) is 12.1 Å². The number of ether oxygens (including phenoxy) is 1. The Morgan fingerprint density at radius 3 is 2.39 bits per heavy atom. The molecule has 2 aromatic rings. The molecule has 0 aromatic heterocycles. The second kappa shape index (κ2) is 6.61. The number of hydrogen-bond donors (Lipinski definition) is 0. The van der Waals surface area contributed by atoms with Crippen molar-refractivity contribution in [2.75, 3.05) is 7.11 Å². The number of nitrogens with zero attached hydrogens (tertiary/aromatic N) is 2. The zero-order chi connectivity index (χ0) is 16.4. The van der Waals surface area contributed by atoms with E-state index in [2.05, 4.69) is 56.1 Å². The van der Waals surface area contributed by atoms with Gasteiger partial charge in [0.15, 0.2) is 0 Å². The van der Waals surface area contributed by atoms with Crippen molar-refractivity contribution in [2.45, 2.75) is 52.1 Å². The summed E-state index contributed by atoms with van der Waals surface area (Å²) in [7, 11) is 1.70. The predicted octanol–water partition coefficient (Wildman–Crippen LogP) is 4.84. The molecule has 2 aromatic carbocycles. The van der Waals surface area contributed by atoms with Crippen LogP contribution < -0.4 is 4.74 Å². The highest BCUT2D eigenvalue weighted by Crippen LogP contribution is 2.25. The zero-order valence-corrected chi connectivity index (χ0v) is 14.5.